The first-order chi connectivity index (χ1) is 8.65. The second-order valence-electron chi connectivity index (χ2n) is 4.83. The van der Waals surface area contributed by atoms with Crippen molar-refractivity contribution in [1.29, 1.82) is 0 Å². The van der Waals surface area contributed by atoms with Crippen molar-refractivity contribution in [2.75, 3.05) is 0 Å². The third-order valence-corrected chi connectivity index (χ3v) is 3.82. The highest BCUT2D eigenvalue weighted by Gasteiger charge is 2.24. The van der Waals surface area contributed by atoms with E-state index in [1.807, 2.05) is 24.3 Å². The maximum Gasteiger partial charge on any atom is 0.224 e. The average molecular weight is 312 g/mol. The molecule has 0 saturated heterocycles. The Morgan fingerprint density at radius 2 is 2.17 bits per heavy atom. The minimum Gasteiger partial charge on any atom is -0.391 e. The summed E-state index contributed by atoms with van der Waals surface area (Å²) in [4.78, 5) is 11.9. The fourth-order valence-corrected chi connectivity index (χ4v) is 2.82. The SMILES string of the molecule is O=C(Cc1cccc(Br)c1)NC1CCCCC1O. The molecule has 2 unspecified atom stereocenters. The molecular weight excluding hydrogens is 294 g/mol. The van der Waals surface area contributed by atoms with Crippen LogP contribution >= 0.6 is 15.9 Å². The molecule has 0 bridgehead atoms. The smallest absolute Gasteiger partial charge is 0.224 e. The van der Waals surface area contributed by atoms with Crippen LogP contribution in [0.25, 0.3) is 0 Å². The van der Waals surface area contributed by atoms with Crippen molar-refractivity contribution < 1.29 is 9.90 Å². The van der Waals surface area contributed by atoms with Gasteiger partial charge in [-0.3, -0.25) is 4.79 Å². The number of aliphatic hydroxyl groups is 1. The summed E-state index contributed by atoms with van der Waals surface area (Å²) in [6, 6.07) is 7.66. The standard InChI is InChI=1S/C14H18BrNO2/c15-11-5-3-4-10(8-11)9-14(18)16-12-6-1-2-7-13(12)17/h3-5,8,12-13,17H,1-2,6-7,9H2,(H,16,18). The molecule has 1 aliphatic carbocycles. The third-order valence-electron chi connectivity index (χ3n) is 3.33. The van der Waals surface area contributed by atoms with Gasteiger partial charge in [0.1, 0.15) is 0 Å². The Kier molecular flexibility index (Phi) is 4.78. The zero-order valence-corrected chi connectivity index (χ0v) is 11.8. The summed E-state index contributed by atoms with van der Waals surface area (Å²) in [6.45, 7) is 0. The molecule has 1 aromatic rings. The van der Waals surface area contributed by atoms with Crippen LogP contribution in [0, 0.1) is 0 Å². The van der Waals surface area contributed by atoms with Gasteiger partial charge in [-0.1, -0.05) is 40.9 Å². The summed E-state index contributed by atoms with van der Waals surface area (Å²) in [5, 5.41) is 12.7. The summed E-state index contributed by atoms with van der Waals surface area (Å²) < 4.78 is 0.977. The largest absolute Gasteiger partial charge is 0.391 e. The van der Waals surface area contributed by atoms with E-state index >= 15 is 0 Å². The molecule has 2 N–H and O–H groups in total. The number of amides is 1. The Labute approximate surface area is 116 Å². The molecule has 0 heterocycles. The van der Waals surface area contributed by atoms with Crippen LogP contribution in [0.4, 0.5) is 0 Å². The minimum absolute atomic E-state index is 0.0148. The van der Waals surface area contributed by atoms with E-state index < -0.39 is 0 Å². The van der Waals surface area contributed by atoms with E-state index in [0.29, 0.717) is 6.42 Å². The second kappa shape index (κ2) is 6.34. The summed E-state index contributed by atoms with van der Waals surface area (Å²) >= 11 is 3.39. The number of hydrogen-bond donors (Lipinski definition) is 2. The molecule has 2 rings (SSSR count). The van der Waals surface area contributed by atoms with Crippen LogP contribution in [0.5, 0.6) is 0 Å². The molecule has 0 aromatic heterocycles. The number of carbonyl (C=O) groups excluding carboxylic acids is 1. The number of hydrogen-bond acceptors (Lipinski definition) is 2. The fraction of sp³-hybridized carbons (Fsp3) is 0.500. The molecule has 1 fully saturated rings. The molecule has 1 saturated carbocycles. The van der Waals surface area contributed by atoms with Crippen molar-refractivity contribution in [3.63, 3.8) is 0 Å². The predicted molar refractivity (Wildman–Crippen MR) is 74.3 cm³/mol. The Morgan fingerprint density at radius 1 is 1.39 bits per heavy atom. The van der Waals surface area contributed by atoms with Crippen molar-refractivity contribution in [1.82, 2.24) is 5.32 Å². The van der Waals surface area contributed by atoms with Crippen LogP contribution in [0.15, 0.2) is 28.7 Å². The highest BCUT2D eigenvalue weighted by molar-refractivity contribution is 9.10. The molecule has 3 nitrogen and oxygen atoms in total. The highest BCUT2D eigenvalue weighted by atomic mass is 79.9. The lowest BCUT2D eigenvalue weighted by molar-refractivity contribution is -0.122. The highest BCUT2D eigenvalue weighted by Crippen LogP contribution is 2.18. The Bertz CT molecular complexity index is 422. The van der Waals surface area contributed by atoms with Crippen LogP contribution < -0.4 is 5.32 Å². The monoisotopic (exact) mass is 311 g/mol. The van der Waals surface area contributed by atoms with Gasteiger partial charge in [0.25, 0.3) is 0 Å². The van der Waals surface area contributed by atoms with Gasteiger partial charge in [-0.2, -0.15) is 0 Å². The molecule has 2 atom stereocenters. The van der Waals surface area contributed by atoms with Crippen molar-refractivity contribution in [2.24, 2.45) is 0 Å². The van der Waals surface area contributed by atoms with Gasteiger partial charge in [-0.05, 0) is 30.5 Å². The molecule has 98 valence electrons. The molecule has 18 heavy (non-hydrogen) atoms. The van der Waals surface area contributed by atoms with Gasteiger partial charge >= 0.3 is 0 Å². The van der Waals surface area contributed by atoms with Crippen LogP contribution in [0.3, 0.4) is 0 Å². The van der Waals surface area contributed by atoms with E-state index in [0.717, 1.165) is 35.7 Å². The molecule has 1 aromatic carbocycles. The van der Waals surface area contributed by atoms with Gasteiger partial charge in [0, 0.05) is 4.47 Å². The summed E-state index contributed by atoms with van der Waals surface area (Å²) in [5.41, 5.74) is 0.979. The summed E-state index contributed by atoms with van der Waals surface area (Å²) in [7, 11) is 0. The second-order valence-corrected chi connectivity index (χ2v) is 5.75. The molecule has 0 spiro atoms. The quantitative estimate of drug-likeness (QED) is 0.900. The van der Waals surface area contributed by atoms with Crippen LogP contribution in [-0.2, 0) is 11.2 Å². The number of rotatable bonds is 3. The van der Waals surface area contributed by atoms with Gasteiger partial charge in [-0.15, -0.1) is 0 Å². The summed E-state index contributed by atoms with van der Waals surface area (Å²) in [5.74, 6) is -0.0148. The molecule has 0 radical (unpaired) electrons. The molecule has 1 amide bonds. The first kappa shape index (κ1) is 13.6. The lowest BCUT2D eigenvalue weighted by Crippen LogP contribution is -2.45. The van der Waals surface area contributed by atoms with Gasteiger partial charge in [-0.25, -0.2) is 0 Å². The average Bonchev–Trinajstić information content (AvgIpc) is 2.32. The van der Waals surface area contributed by atoms with Crippen molar-refractivity contribution >= 4 is 21.8 Å². The number of carbonyl (C=O) groups is 1. The normalized spacial score (nSPS) is 23.7. The third kappa shape index (κ3) is 3.82. The number of halogens is 1. The number of aliphatic hydroxyl groups excluding tert-OH is 1. The maximum absolute atomic E-state index is 11.9. The number of benzene rings is 1. The van der Waals surface area contributed by atoms with E-state index in [-0.39, 0.29) is 18.1 Å². The molecule has 4 heteroatoms. The number of nitrogens with one attached hydrogen (secondary N) is 1. The minimum atomic E-state index is -0.384. The van der Waals surface area contributed by atoms with Gasteiger partial charge in [0.15, 0.2) is 0 Å². The topological polar surface area (TPSA) is 49.3 Å². The van der Waals surface area contributed by atoms with Gasteiger partial charge < -0.3 is 10.4 Å². The van der Waals surface area contributed by atoms with E-state index in [9.17, 15) is 9.90 Å². The Hall–Kier alpha value is -0.870. The van der Waals surface area contributed by atoms with E-state index in [1.54, 1.807) is 0 Å². The zero-order valence-electron chi connectivity index (χ0n) is 10.2. The van der Waals surface area contributed by atoms with Crippen LogP contribution in [-0.4, -0.2) is 23.2 Å². The van der Waals surface area contributed by atoms with Crippen molar-refractivity contribution in [3.8, 4) is 0 Å². The predicted octanol–water partition coefficient (Wildman–Crippen LogP) is 2.41. The van der Waals surface area contributed by atoms with Crippen LogP contribution in [0.1, 0.15) is 31.2 Å². The van der Waals surface area contributed by atoms with Gasteiger partial charge in [0.05, 0.1) is 18.6 Å². The zero-order chi connectivity index (χ0) is 13.0. The lowest BCUT2D eigenvalue weighted by Gasteiger charge is -2.28. The Morgan fingerprint density at radius 3 is 2.89 bits per heavy atom. The maximum atomic E-state index is 11.9. The van der Waals surface area contributed by atoms with E-state index in [4.69, 9.17) is 0 Å². The van der Waals surface area contributed by atoms with Crippen molar-refractivity contribution in [3.05, 3.63) is 34.3 Å². The Balaban J connectivity index is 1.88. The first-order valence-electron chi connectivity index (χ1n) is 6.37. The molecule has 0 aliphatic heterocycles. The van der Waals surface area contributed by atoms with Gasteiger partial charge in [0.2, 0.25) is 5.91 Å². The van der Waals surface area contributed by atoms with E-state index in [2.05, 4.69) is 21.2 Å². The molecular formula is C14H18BrNO2. The first-order valence-corrected chi connectivity index (χ1v) is 7.16. The summed E-state index contributed by atoms with van der Waals surface area (Å²) in [6.07, 6.45) is 3.79. The van der Waals surface area contributed by atoms with Crippen LogP contribution in [0.2, 0.25) is 0 Å². The lowest BCUT2D eigenvalue weighted by atomic mass is 9.92. The van der Waals surface area contributed by atoms with Crippen molar-refractivity contribution in [2.45, 2.75) is 44.2 Å². The van der Waals surface area contributed by atoms with E-state index in [1.165, 1.54) is 0 Å². The fourth-order valence-electron chi connectivity index (χ4n) is 2.37. The molecule has 1 aliphatic rings.